The molecule has 0 saturated heterocycles. The van der Waals surface area contributed by atoms with Crippen molar-refractivity contribution < 1.29 is 14.3 Å². The molecule has 0 aliphatic carbocycles. The number of halogens is 1. The Kier molecular flexibility index (Phi) is 6.69. The Balaban J connectivity index is 1.71. The van der Waals surface area contributed by atoms with Crippen molar-refractivity contribution in [3.63, 3.8) is 0 Å². The summed E-state index contributed by atoms with van der Waals surface area (Å²) in [6.07, 6.45) is 3.28. The summed E-state index contributed by atoms with van der Waals surface area (Å²) in [5, 5.41) is 2.77. The van der Waals surface area contributed by atoms with Gasteiger partial charge in [-0.1, -0.05) is 34.1 Å². The van der Waals surface area contributed by atoms with E-state index in [0.717, 1.165) is 21.5 Å². The van der Waals surface area contributed by atoms with Gasteiger partial charge in [0, 0.05) is 10.5 Å². The van der Waals surface area contributed by atoms with E-state index in [1.54, 1.807) is 13.2 Å². The summed E-state index contributed by atoms with van der Waals surface area (Å²) in [5.74, 6) is 1.37. The van der Waals surface area contributed by atoms with E-state index in [-0.39, 0.29) is 5.91 Å². The van der Waals surface area contributed by atoms with Gasteiger partial charge in [-0.05, 0) is 42.0 Å². The summed E-state index contributed by atoms with van der Waals surface area (Å²) >= 11 is 3.43. The Morgan fingerprint density at radius 2 is 1.83 bits per heavy atom. The first-order chi connectivity index (χ1) is 11.2. The van der Waals surface area contributed by atoms with Gasteiger partial charge in [0.2, 0.25) is 5.91 Å². The van der Waals surface area contributed by atoms with Crippen molar-refractivity contribution in [1.82, 2.24) is 5.32 Å². The van der Waals surface area contributed by atoms with Crippen molar-refractivity contribution in [2.24, 2.45) is 0 Å². The first-order valence-electron chi connectivity index (χ1n) is 7.16. The maximum absolute atomic E-state index is 11.7. The highest BCUT2D eigenvalue weighted by molar-refractivity contribution is 9.10. The third-order valence-electron chi connectivity index (χ3n) is 3.05. The number of carbonyl (C=O) groups excluding carboxylic acids is 1. The number of rotatable bonds is 7. The molecule has 0 radical (unpaired) electrons. The maximum atomic E-state index is 11.7. The van der Waals surface area contributed by atoms with E-state index in [1.807, 2.05) is 48.5 Å². The molecule has 0 bridgehead atoms. The van der Waals surface area contributed by atoms with Gasteiger partial charge in [-0.3, -0.25) is 4.79 Å². The van der Waals surface area contributed by atoms with Gasteiger partial charge >= 0.3 is 0 Å². The summed E-state index contributed by atoms with van der Waals surface area (Å²) in [6, 6.07) is 15.0. The number of methoxy groups -OCH3 is 1. The monoisotopic (exact) mass is 375 g/mol. The molecule has 0 atom stereocenters. The molecule has 23 heavy (non-hydrogen) atoms. The fraction of sp³-hybridized carbons (Fsp3) is 0.167. The molecular weight excluding hydrogens is 358 g/mol. The fourth-order valence-corrected chi connectivity index (χ4v) is 2.27. The van der Waals surface area contributed by atoms with Crippen LogP contribution in [0, 0.1) is 0 Å². The number of benzene rings is 2. The molecule has 1 N–H and O–H groups in total. The molecule has 2 rings (SSSR count). The van der Waals surface area contributed by atoms with Crippen LogP contribution in [0.3, 0.4) is 0 Å². The summed E-state index contributed by atoms with van der Waals surface area (Å²) < 4.78 is 11.6. The molecule has 2 aromatic rings. The lowest BCUT2D eigenvalue weighted by Gasteiger charge is -2.07. The van der Waals surface area contributed by atoms with Crippen LogP contribution in [0.5, 0.6) is 11.5 Å². The van der Waals surface area contributed by atoms with E-state index in [0.29, 0.717) is 13.2 Å². The molecule has 0 heterocycles. The van der Waals surface area contributed by atoms with Crippen LogP contribution in [-0.4, -0.2) is 26.2 Å². The maximum Gasteiger partial charge on any atom is 0.244 e. The lowest BCUT2D eigenvalue weighted by Crippen LogP contribution is -2.26. The van der Waals surface area contributed by atoms with E-state index in [1.165, 1.54) is 6.08 Å². The molecule has 1 amide bonds. The van der Waals surface area contributed by atoms with Crippen molar-refractivity contribution in [3.05, 3.63) is 64.6 Å². The Labute approximate surface area is 144 Å². The minimum atomic E-state index is -0.154. The molecule has 0 aromatic heterocycles. The average Bonchev–Trinajstić information content (AvgIpc) is 2.58. The van der Waals surface area contributed by atoms with Crippen LogP contribution in [0.1, 0.15) is 5.56 Å². The number of hydrogen-bond acceptors (Lipinski definition) is 3. The van der Waals surface area contributed by atoms with Crippen LogP contribution < -0.4 is 14.8 Å². The van der Waals surface area contributed by atoms with Gasteiger partial charge in [0.15, 0.2) is 0 Å². The highest BCUT2D eigenvalue weighted by atomic mass is 79.9. The molecule has 0 aliphatic rings. The second kappa shape index (κ2) is 9.00. The Bertz CT molecular complexity index is 668. The van der Waals surface area contributed by atoms with Crippen molar-refractivity contribution in [3.8, 4) is 11.5 Å². The molecule has 4 nitrogen and oxygen atoms in total. The Morgan fingerprint density at radius 1 is 1.13 bits per heavy atom. The highest BCUT2D eigenvalue weighted by Gasteiger charge is 1.98. The molecule has 0 aliphatic heterocycles. The molecule has 120 valence electrons. The predicted molar refractivity (Wildman–Crippen MR) is 94.7 cm³/mol. The van der Waals surface area contributed by atoms with Crippen LogP contribution >= 0.6 is 15.9 Å². The normalized spacial score (nSPS) is 10.5. The van der Waals surface area contributed by atoms with Gasteiger partial charge in [0.1, 0.15) is 18.1 Å². The van der Waals surface area contributed by atoms with Crippen LogP contribution in [0.2, 0.25) is 0 Å². The van der Waals surface area contributed by atoms with Crippen molar-refractivity contribution in [2.75, 3.05) is 20.3 Å². The van der Waals surface area contributed by atoms with Gasteiger partial charge < -0.3 is 14.8 Å². The van der Waals surface area contributed by atoms with Crippen molar-refractivity contribution in [2.45, 2.75) is 0 Å². The van der Waals surface area contributed by atoms with E-state index >= 15 is 0 Å². The minimum Gasteiger partial charge on any atom is -0.497 e. The topological polar surface area (TPSA) is 47.6 Å². The fourth-order valence-electron chi connectivity index (χ4n) is 1.85. The number of hydrogen-bond donors (Lipinski definition) is 1. The average molecular weight is 376 g/mol. The predicted octanol–water partition coefficient (Wildman–Crippen LogP) is 3.67. The van der Waals surface area contributed by atoms with Gasteiger partial charge in [0.05, 0.1) is 13.7 Å². The number of nitrogens with one attached hydrogen (secondary N) is 1. The highest BCUT2D eigenvalue weighted by Crippen LogP contribution is 2.17. The van der Waals surface area contributed by atoms with E-state index in [2.05, 4.69) is 21.2 Å². The standard InChI is InChI=1S/C18H18BrNO3/c1-22-15-7-9-16(10-8-15)23-13-12-20-18(21)11-6-14-4-2-3-5-17(14)19/h2-11H,12-13H2,1H3,(H,20,21)/b11-6+. The first kappa shape index (κ1) is 17.1. The largest absolute Gasteiger partial charge is 0.497 e. The summed E-state index contributed by atoms with van der Waals surface area (Å²) in [4.78, 5) is 11.7. The van der Waals surface area contributed by atoms with E-state index in [9.17, 15) is 4.79 Å². The van der Waals surface area contributed by atoms with Gasteiger partial charge in [-0.15, -0.1) is 0 Å². The molecule has 0 spiro atoms. The van der Waals surface area contributed by atoms with Gasteiger partial charge in [0.25, 0.3) is 0 Å². The molecule has 5 heteroatoms. The summed E-state index contributed by atoms with van der Waals surface area (Å²) in [6.45, 7) is 0.839. The minimum absolute atomic E-state index is 0.154. The number of carbonyl (C=O) groups is 1. The first-order valence-corrected chi connectivity index (χ1v) is 7.95. The van der Waals surface area contributed by atoms with Crippen LogP contribution in [0.15, 0.2) is 59.1 Å². The summed E-state index contributed by atoms with van der Waals surface area (Å²) in [5.41, 5.74) is 0.956. The van der Waals surface area contributed by atoms with Gasteiger partial charge in [-0.25, -0.2) is 0 Å². The summed E-state index contributed by atoms with van der Waals surface area (Å²) in [7, 11) is 1.62. The number of amides is 1. The van der Waals surface area contributed by atoms with E-state index in [4.69, 9.17) is 9.47 Å². The third kappa shape index (κ3) is 5.79. The number of ether oxygens (including phenoxy) is 2. The second-order valence-electron chi connectivity index (χ2n) is 4.67. The van der Waals surface area contributed by atoms with Crippen LogP contribution in [0.4, 0.5) is 0 Å². The molecule has 0 unspecified atom stereocenters. The van der Waals surface area contributed by atoms with Crippen LogP contribution in [0.25, 0.3) is 6.08 Å². The third-order valence-corrected chi connectivity index (χ3v) is 3.77. The zero-order chi connectivity index (χ0) is 16.5. The zero-order valence-corrected chi connectivity index (χ0v) is 14.4. The molecule has 0 fully saturated rings. The van der Waals surface area contributed by atoms with E-state index < -0.39 is 0 Å². The molecule has 2 aromatic carbocycles. The Morgan fingerprint density at radius 3 is 2.52 bits per heavy atom. The second-order valence-corrected chi connectivity index (χ2v) is 5.52. The lowest BCUT2D eigenvalue weighted by molar-refractivity contribution is -0.116. The molecular formula is C18H18BrNO3. The zero-order valence-electron chi connectivity index (χ0n) is 12.8. The van der Waals surface area contributed by atoms with Crippen molar-refractivity contribution in [1.29, 1.82) is 0 Å². The Hall–Kier alpha value is -2.27. The van der Waals surface area contributed by atoms with Crippen molar-refractivity contribution >= 4 is 27.9 Å². The SMILES string of the molecule is COc1ccc(OCCNC(=O)/C=C/c2ccccc2Br)cc1. The smallest absolute Gasteiger partial charge is 0.244 e. The van der Waals surface area contributed by atoms with Crippen LogP contribution in [-0.2, 0) is 4.79 Å². The molecule has 0 saturated carbocycles. The lowest BCUT2D eigenvalue weighted by atomic mass is 10.2. The van der Waals surface area contributed by atoms with Gasteiger partial charge in [-0.2, -0.15) is 0 Å². The quantitative estimate of drug-likeness (QED) is 0.593.